The number of hydrogen-bond donors (Lipinski definition) is 1. The summed E-state index contributed by atoms with van der Waals surface area (Å²) in [5, 5.41) is 0.230. The first kappa shape index (κ1) is 15.8. The highest BCUT2D eigenvalue weighted by Crippen LogP contribution is 2.29. The fraction of sp³-hybridized carbons (Fsp3) is 0.333. The highest BCUT2D eigenvalue weighted by molar-refractivity contribution is 7.89. The molecule has 2 N–H and O–H groups in total. The zero-order valence-electron chi connectivity index (χ0n) is 12.3. The summed E-state index contributed by atoms with van der Waals surface area (Å²) in [6.45, 7) is 0.363. The number of hydrogen-bond acceptors (Lipinski definition) is 4. The predicted molar refractivity (Wildman–Crippen MR) is 82.4 cm³/mol. The summed E-state index contributed by atoms with van der Waals surface area (Å²) < 4.78 is 40.9. The number of aromatic nitrogens is 1. The van der Waals surface area contributed by atoms with Gasteiger partial charge in [0, 0.05) is 24.7 Å². The normalized spacial score (nSPS) is 19.8. The first-order chi connectivity index (χ1) is 10.9. The van der Waals surface area contributed by atoms with E-state index in [4.69, 9.17) is 5.73 Å². The first-order valence-electron chi connectivity index (χ1n) is 7.24. The Morgan fingerprint density at radius 2 is 2.13 bits per heavy atom. The van der Waals surface area contributed by atoms with Gasteiger partial charge in [0.15, 0.2) is 0 Å². The maximum atomic E-state index is 13.8. The highest BCUT2D eigenvalue weighted by Gasteiger charge is 2.33. The van der Waals surface area contributed by atoms with Crippen LogP contribution in [0.5, 0.6) is 0 Å². The third kappa shape index (κ3) is 2.79. The molecule has 1 amide bonds. The van der Waals surface area contributed by atoms with Gasteiger partial charge in [-0.3, -0.25) is 9.78 Å². The Hall–Kier alpha value is -2.06. The maximum absolute atomic E-state index is 13.8. The van der Waals surface area contributed by atoms with Crippen molar-refractivity contribution in [2.45, 2.75) is 17.7 Å². The zero-order chi connectivity index (χ0) is 16.6. The fourth-order valence-electron chi connectivity index (χ4n) is 2.87. The van der Waals surface area contributed by atoms with Crippen molar-refractivity contribution in [3.05, 3.63) is 36.3 Å². The second kappa shape index (κ2) is 5.86. The standard InChI is InChI=1S/C15H16FN3O3S/c16-12-5-6-13(11-4-1-7-18-14(11)12)23(21,22)19-8-2-3-10(9-19)15(17)20/h1,4-7,10H,2-3,8-9H2,(H2,17,20). The molecule has 0 saturated carbocycles. The molecule has 1 saturated heterocycles. The van der Waals surface area contributed by atoms with Crippen molar-refractivity contribution in [2.75, 3.05) is 13.1 Å². The van der Waals surface area contributed by atoms with Crippen LogP contribution in [0, 0.1) is 11.7 Å². The van der Waals surface area contributed by atoms with Crippen LogP contribution < -0.4 is 5.73 Å². The lowest BCUT2D eigenvalue weighted by atomic mass is 9.99. The summed E-state index contributed by atoms with van der Waals surface area (Å²) in [5.74, 6) is -1.58. The molecule has 8 heteroatoms. The number of amides is 1. The molecule has 2 heterocycles. The molecule has 1 fully saturated rings. The molecule has 0 spiro atoms. The number of benzene rings is 1. The number of halogens is 1. The van der Waals surface area contributed by atoms with Gasteiger partial charge in [-0.15, -0.1) is 0 Å². The van der Waals surface area contributed by atoms with Gasteiger partial charge in [-0.25, -0.2) is 12.8 Å². The smallest absolute Gasteiger partial charge is 0.243 e. The van der Waals surface area contributed by atoms with Crippen molar-refractivity contribution in [3.8, 4) is 0 Å². The minimum Gasteiger partial charge on any atom is -0.369 e. The van der Waals surface area contributed by atoms with Crippen molar-refractivity contribution < 1.29 is 17.6 Å². The Bertz CT molecular complexity index is 869. The summed E-state index contributed by atoms with van der Waals surface area (Å²) in [4.78, 5) is 15.3. The predicted octanol–water partition coefficient (Wildman–Crippen LogP) is 1.26. The lowest BCUT2D eigenvalue weighted by Gasteiger charge is -2.30. The molecule has 1 aliphatic heterocycles. The van der Waals surface area contributed by atoms with E-state index >= 15 is 0 Å². The SMILES string of the molecule is NC(=O)C1CCCN(S(=O)(=O)c2ccc(F)c3ncccc23)C1. The topological polar surface area (TPSA) is 93.4 Å². The molecule has 3 rings (SSSR count). The molecule has 0 radical (unpaired) electrons. The summed E-state index contributed by atoms with van der Waals surface area (Å²) in [7, 11) is -3.85. The Kier molecular flexibility index (Phi) is 4.03. The molecule has 0 bridgehead atoms. The number of nitrogens with two attached hydrogens (primary N) is 1. The lowest BCUT2D eigenvalue weighted by Crippen LogP contribution is -2.44. The molecule has 23 heavy (non-hydrogen) atoms. The third-order valence-corrected chi connectivity index (χ3v) is 6.01. The number of nitrogens with zero attached hydrogens (tertiary/aromatic N) is 2. The second-order valence-corrected chi connectivity index (χ2v) is 7.46. The van der Waals surface area contributed by atoms with Crippen LogP contribution in [0.2, 0.25) is 0 Å². The summed E-state index contributed by atoms with van der Waals surface area (Å²) >= 11 is 0. The van der Waals surface area contributed by atoms with E-state index in [2.05, 4.69) is 4.98 Å². The Morgan fingerprint density at radius 1 is 1.35 bits per heavy atom. The van der Waals surface area contributed by atoms with Gasteiger partial charge in [-0.2, -0.15) is 4.31 Å². The van der Waals surface area contributed by atoms with Crippen LogP contribution in [0.15, 0.2) is 35.4 Å². The Labute approximate surface area is 133 Å². The van der Waals surface area contributed by atoms with Crippen LogP contribution in [0.1, 0.15) is 12.8 Å². The summed E-state index contributed by atoms with van der Waals surface area (Å²) in [5.41, 5.74) is 5.31. The van der Waals surface area contributed by atoms with E-state index in [0.29, 0.717) is 19.4 Å². The van der Waals surface area contributed by atoms with Crippen LogP contribution in [-0.4, -0.2) is 36.7 Å². The quantitative estimate of drug-likeness (QED) is 0.912. The molecule has 0 aliphatic carbocycles. The molecule has 122 valence electrons. The Morgan fingerprint density at radius 3 is 2.87 bits per heavy atom. The molecule has 2 aromatic rings. The average Bonchev–Trinajstić information content (AvgIpc) is 2.55. The largest absolute Gasteiger partial charge is 0.369 e. The number of sulfonamides is 1. The molecule has 1 atom stereocenters. The number of carbonyl (C=O) groups excluding carboxylic acids is 1. The second-order valence-electron chi connectivity index (χ2n) is 5.55. The molecule has 1 aromatic heterocycles. The summed E-state index contributed by atoms with van der Waals surface area (Å²) in [6.07, 6.45) is 2.54. The van der Waals surface area contributed by atoms with Gasteiger partial charge in [-0.1, -0.05) is 0 Å². The molecule has 1 unspecified atom stereocenters. The molecule has 6 nitrogen and oxygen atoms in total. The van der Waals surface area contributed by atoms with Crippen LogP contribution in [0.25, 0.3) is 10.9 Å². The maximum Gasteiger partial charge on any atom is 0.243 e. The fourth-order valence-corrected chi connectivity index (χ4v) is 4.58. The Balaban J connectivity index is 2.07. The van der Waals surface area contributed by atoms with Gasteiger partial charge in [0.05, 0.1) is 10.8 Å². The number of fused-ring (bicyclic) bond motifs is 1. The van der Waals surface area contributed by atoms with Crippen molar-refractivity contribution in [1.82, 2.24) is 9.29 Å². The van der Waals surface area contributed by atoms with Crippen LogP contribution >= 0.6 is 0 Å². The molecular weight excluding hydrogens is 321 g/mol. The van der Waals surface area contributed by atoms with Gasteiger partial charge < -0.3 is 5.73 Å². The van der Waals surface area contributed by atoms with Crippen molar-refractivity contribution >= 4 is 26.8 Å². The van der Waals surface area contributed by atoms with E-state index < -0.39 is 27.7 Å². The van der Waals surface area contributed by atoms with Crippen LogP contribution in [0.4, 0.5) is 4.39 Å². The van der Waals surface area contributed by atoms with E-state index in [-0.39, 0.29) is 22.3 Å². The van der Waals surface area contributed by atoms with E-state index in [9.17, 15) is 17.6 Å². The van der Waals surface area contributed by atoms with Crippen molar-refractivity contribution in [2.24, 2.45) is 11.7 Å². The van der Waals surface area contributed by atoms with Gasteiger partial charge in [0.25, 0.3) is 0 Å². The first-order valence-corrected chi connectivity index (χ1v) is 8.68. The number of primary amides is 1. The van der Waals surface area contributed by atoms with E-state index in [1.807, 2.05) is 0 Å². The highest BCUT2D eigenvalue weighted by atomic mass is 32.2. The van der Waals surface area contributed by atoms with Gasteiger partial charge in [0.2, 0.25) is 15.9 Å². The van der Waals surface area contributed by atoms with Gasteiger partial charge in [0.1, 0.15) is 11.3 Å². The number of carbonyl (C=O) groups is 1. The zero-order valence-corrected chi connectivity index (χ0v) is 13.1. The third-order valence-electron chi connectivity index (χ3n) is 4.08. The molecule has 1 aliphatic rings. The van der Waals surface area contributed by atoms with Crippen molar-refractivity contribution in [3.63, 3.8) is 0 Å². The van der Waals surface area contributed by atoms with Gasteiger partial charge in [-0.05, 0) is 37.1 Å². The van der Waals surface area contributed by atoms with Crippen LogP contribution in [-0.2, 0) is 14.8 Å². The number of piperidine rings is 1. The van der Waals surface area contributed by atoms with E-state index in [0.717, 1.165) is 6.07 Å². The molecule has 1 aromatic carbocycles. The minimum absolute atomic E-state index is 0.00730. The average molecular weight is 337 g/mol. The minimum atomic E-state index is -3.85. The van der Waals surface area contributed by atoms with Crippen molar-refractivity contribution in [1.29, 1.82) is 0 Å². The number of rotatable bonds is 3. The summed E-state index contributed by atoms with van der Waals surface area (Å²) in [6, 6.07) is 5.41. The van der Waals surface area contributed by atoms with Gasteiger partial charge >= 0.3 is 0 Å². The monoisotopic (exact) mass is 337 g/mol. The lowest BCUT2D eigenvalue weighted by molar-refractivity contribution is -0.122. The number of pyridine rings is 1. The van der Waals surface area contributed by atoms with Crippen LogP contribution in [0.3, 0.4) is 0 Å². The van der Waals surface area contributed by atoms with E-state index in [1.54, 1.807) is 6.07 Å². The molecular formula is C15H16FN3O3S. The van der Waals surface area contributed by atoms with E-state index in [1.165, 1.54) is 22.6 Å².